The zero-order valence-electron chi connectivity index (χ0n) is 22.3. The summed E-state index contributed by atoms with van der Waals surface area (Å²) in [6.07, 6.45) is 1.43. The Morgan fingerprint density at radius 2 is 0.775 bits per heavy atom. The first-order valence-corrected chi connectivity index (χ1v) is 19.2. The minimum absolute atomic E-state index is 0.344. The van der Waals surface area contributed by atoms with E-state index >= 15 is 0 Å². The third-order valence-electron chi connectivity index (χ3n) is 6.62. The van der Waals surface area contributed by atoms with Gasteiger partial charge in [0.15, 0.2) is 0 Å². The zero-order valence-corrected chi connectivity index (χ0v) is 27.3. The SMILES string of the molecule is O=C1c2ccc3c4c(ccc(c24)C(=O)N1CCCSCCSCCS)C(=O)N(CCCSCCSCCS)C3=O. The van der Waals surface area contributed by atoms with Gasteiger partial charge in [0.2, 0.25) is 0 Å². The Morgan fingerprint density at radius 3 is 1.07 bits per heavy atom. The van der Waals surface area contributed by atoms with Crippen LogP contribution in [-0.2, 0) is 0 Å². The fourth-order valence-electron chi connectivity index (χ4n) is 4.80. The van der Waals surface area contributed by atoms with Gasteiger partial charge in [-0.2, -0.15) is 72.3 Å². The molecule has 2 aliphatic rings. The van der Waals surface area contributed by atoms with Crippen molar-refractivity contribution in [3.63, 3.8) is 0 Å². The molecule has 2 aromatic carbocycles. The van der Waals surface area contributed by atoms with Gasteiger partial charge >= 0.3 is 0 Å². The molecule has 0 bridgehead atoms. The van der Waals surface area contributed by atoms with Gasteiger partial charge in [0.1, 0.15) is 0 Å². The highest BCUT2D eigenvalue weighted by Gasteiger charge is 2.39. The lowest BCUT2D eigenvalue weighted by atomic mass is 9.86. The summed E-state index contributed by atoms with van der Waals surface area (Å²) in [6.45, 7) is 0.687. The van der Waals surface area contributed by atoms with Crippen molar-refractivity contribution >= 4 is 107 Å². The first-order chi connectivity index (χ1) is 19.5. The summed E-state index contributed by atoms with van der Waals surface area (Å²) in [4.78, 5) is 56.2. The van der Waals surface area contributed by atoms with Crippen LogP contribution in [0.3, 0.4) is 0 Å². The van der Waals surface area contributed by atoms with Crippen LogP contribution in [0.5, 0.6) is 0 Å². The van der Waals surface area contributed by atoms with Crippen LogP contribution < -0.4 is 0 Å². The van der Waals surface area contributed by atoms with Gasteiger partial charge in [0, 0.05) is 80.6 Å². The number of rotatable bonds is 18. The molecule has 2 heterocycles. The quantitative estimate of drug-likeness (QED) is 0.122. The van der Waals surface area contributed by atoms with Crippen LogP contribution in [0.15, 0.2) is 24.3 Å². The van der Waals surface area contributed by atoms with Crippen molar-refractivity contribution in [3.8, 4) is 0 Å². The summed E-state index contributed by atoms with van der Waals surface area (Å²) >= 11 is 15.8. The van der Waals surface area contributed by atoms with Crippen LogP contribution in [0.2, 0.25) is 0 Å². The van der Waals surface area contributed by atoms with Crippen molar-refractivity contribution in [2.75, 3.05) is 70.6 Å². The van der Waals surface area contributed by atoms with Gasteiger partial charge in [-0.25, -0.2) is 0 Å². The number of nitrogens with zero attached hydrogens (tertiary/aromatic N) is 2. The number of hydrogen-bond acceptors (Lipinski definition) is 10. The zero-order chi connectivity index (χ0) is 28.5. The van der Waals surface area contributed by atoms with Crippen LogP contribution in [0.25, 0.3) is 10.8 Å². The van der Waals surface area contributed by atoms with E-state index in [4.69, 9.17) is 0 Å². The van der Waals surface area contributed by atoms with Crippen LogP contribution in [0.4, 0.5) is 0 Å². The van der Waals surface area contributed by atoms with Crippen LogP contribution in [0, 0.1) is 0 Å². The minimum atomic E-state index is -0.359. The van der Waals surface area contributed by atoms with Gasteiger partial charge in [-0.1, -0.05) is 0 Å². The lowest BCUT2D eigenvalue weighted by Crippen LogP contribution is -2.43. The molecule has 40 heavy (non-hydrogen) atoms. The molecule has 216 valence electrons. The Hall–Kier alpha value is -0.920. The molecule has 0 saturated carbocycles. The second kappa shape index (κ2) is 16.1. The van der Waals surface area contributed by atoms with Crippen LogP contribution in [0.1, 0.15) is 54.3 Å². The molecule has 0 aliphatic carbocycles. The van der Waals surface area contributed by atoms with Crippen LogP contribution >= 0.6 is 72.3 Å². The molecule has 2 aliphatic heterocycles. The van der Waals surface area contributed by atoms with E-state index in [1.165, 1.54) is 9.80 Å². The maximum atomic E-state index is 13.4. The number of imide groups is 2. The van der Waals surface area contributed by atoms with Gasteiger partial charge < -0.3 is 0 Å². The molecule has 0 spiro atoms. The Bertz CT molecular complexity index is 1090. The average molecular weight is 655 g/mol. The minimum Gasteiger partial charge on any atom is -0.274 e. The average Bonchev–Trinajstić information content (AvgIpc) is 2.96. The lowest BCUT2D eigenvalue weighted by molar-refractivity contribution is 0.0589. The molecule has 4 amide bonds. The third kappa shape index (κ3) is 7.34. The molecule has 0 aromatic heterocycles. The van der Waals surface area contributed by atoms with Crippen molar-refractivity contribution in [1.29, 1.82) is 0 Å². The van der Waals surface area contributed by atoms with Crippen molar-refractivity contribution in [1.82, 2.24) is 9.80 Å². The summed E-state index contributed by atoms with van der Waals surface area (Å²) < 4.78 is 0. The molecular formula is C28H34N2O4S6. The van der Waals surface area contributed by atoms with Gasteiger partial charge in [-0.05, 0) is 60.1 Å². The summed E-state index contributed by atoms with van der Waals surface area (Å²) in [7, 11) is 0. The van der Waals surface area contributed by atoms with E-state index in [0.29, 0.717) is 59.0 Å². The maximum Gasteiger partial charge on any atom is 0.261 e. The summed E-state index contributed by atoms with van der Waals surface area (Å²) in [5.41, 5.74) is 1.53. The fraction of sp³-hybridized carbons (Fsp3) is 0.500. The van der Waals surface area contributed by atoms with E-state index in [-0.39, 0.29) is 23.6 Å². The van der Waals surface area contributed by atoms with Crippen molar-refractivity contribution < 1.29 is 19.2 Å². The van der Waals surface area contributed by atoms with Gasteiger partial charge in [-0.3, -0.25) is 29.0 Å². The molecule has 4 rings (SSSR count). The number of thiol groups is 2. The summed E-state index contributed by atoms with van der Waals surface area (Å²) in [5, 5.41) is 0.875. The molecule has 0 saturated heterocycles. The molecule has 0 unspecified atom stereocenters. The number of benzene rings is 2. The van der Waals surface area contributed by atoms with E-state index < -0.39 is 0 Å². The molecule has 6 nitrogen and oxygen atoms in total. The Kier molecular flexibility index (Phi) is 12.9. The van der Waals surface area contributed by atoms with Crippen molar-refractivity contribution in [3.05, 3.63) is 46.5 Å². The Morgan fingerprint density at radius 1 is 0.475 bits per heavy atom. The molecule has 0 fully saturated rings. The van der Waals surface area contributed by atoms with Crippen molar-refractivity contribution in [2.24, 2.45) is 0 Å². The van der Waals surface area contributed by atoms with E-state index in [1.807, 2.05) is 47.0 Å². The predicted molar refractivity (Wildman–Crippen MR) is 181 cm³/mol. The summed E-state index contributed by atoms with van der Waals surface area (Å²) in [5.74, 6) is 8.33. The highest BCUT2D eigenvalue weighted by Crippen LogP contribution is 2.38. The predicted octanol–water partition coefficient (Wildman–Crippen LogP) is 5.60. The number of carbonyl (C=O) groups excluding carboxylic acids is 4. The number of thioether (sulfide) groups is 4. The topological polar surface area (TPSA) is 74.8 Å². The number of carbonyl (C=O) groups is 4. The molecular weight excluding hydrogens is 621 g/mol. The Balaban J connectivity index is 1.41. The van der Waals surface area contributed by atoms with Gasteiger partial charge in [-0.15, -0.1) is 0 Å². The lowest BCUT2D eigenvalue weighted by Gasteiger charge is -2.32. The third-order valence-corrected chi connectivity index (χ3v) is 12.3. The van der Waals surface area contributed by atoms with Crippen molar-refractivity contribution in [2.45, 2.75) is 12.8 Å². The Labute approximate surface area is 264 Å². The van der Waals surface area contributed by atoms with E-state index in [9.17, 15) is 19.2 Å². The monoisotopic (exact) mass is 654 g/mol. The highest BCUT2D eigenvalue weighted by atomic mass is 32.2. The largest absolute Gasteiger partial charge is 0.274 e. The number of hydrogen-bond donors (Lipinski definition) is 2. The number of amides is 4. The van der Waals surface area contributed by atoms with E-state index in [0.717, 1.165) is 57.5 Å². The molecule has 0 atom stereocenters. The second-order valence-electron chi connectivity index (χ2n) is 9.20. The normalized spacial score (nSPS) is 14.7. The van der Waals surface area contributed by atoms with E-state index in [2.05, 4.69) is 25.3 Å². The fourth-order valence-corrected chi connectivity index (χ4v) is 9.20. The smallest absolute Gasteiger partial charge is 0.261 e. The molecule has 2 aromatic rings. The first-order valence-electron chi connectivity index (χ1n) is 13.4. The van der Waals surface area contributed by atoms with Gasteiger partial charge in [0.05, 0.1) is 0 Å². The second-order valence-corrected chi connectivity index (χ2v) is 15.0. The summed E-state index contributed by atoms with van der Waals surface area (Å²) in [6, 6.07) is 6.57. The first kappa shape index (κ1) is 32.0. The standard InChI is InChI=1S/C28H34N2O4S6/c31-25-19-3-5-21-24-22(28(34)30(27(21)33)8-2-12-38-16-18-40-14-10-36)6-4-20(23(19)24)26(32)29(25)7-1-11-37-15-17-39-13-9-35/h3-6,35-36H,1-2,7-18H2. The molecule has 0 N–H and O–H groups in total. The maximum absolute atomic E-state index is 13.4. The highest BCUT2D eigenvalue weighted by molar-refractivity contribution is 8.03. The molecule has 0 radical (unpaired) electrons. The molecule has 12 heteroatoms. The van der Waals surface area contributed by atoms with Gasteiger partial charge in [0.25, 0.3) is 23.6 Å². The van der Waals surface area contributed by atoms with Crippen LogP contribution in [-0.4, -0.2) is 104 Å². The van der Waals surface area contributed by atoms with E-state index in [1.54, 1.807) is 24.3 Å².